The van der Waals surface area contributed by atoms with Gasteiger partial charge in [-0.15, -0.1) is 0 Å². The predicted octanol–water partition coefficient (Wildman–Crippen LogP) is 0.512. The van der Waals surface area contributed by atoms with E-state index in [0.717, 1.165) is 11.5 Å². The zero-order valence-corrected chi connectivity index (χ0v) is 15.6. The third kappa shape index (κ3) is 5.02. The number of carbonyl (C=O) groups excluding carboxylic acids is 1. The van der Waals surface area contributed by atoms with Crippen molar-refractivity contribution < 1.29 is 21.6 Å². The number of carbonyl (C=O) groups is 1. The minimum Gasteiger partial charge on any atom is -0.338 e. The van der Waals surface area contributed by atoms with Crippen molar-refractivity contribution in [1.82, 2.24) is 9.62 Å². The van der Waals surface area contributed by atoms with Crippen LogP contribution in [0.4, 0.5) is 0 Å². The quantitative estimate of drug-likeness (QED) is 0.710. The molecule has 8 nitrogen and oxygen atoms in total. The van der Waals surface area contributed by atoms with Crippen molar-refractivity contribution in [2.24, 2.45) is 11.1 Å². The van der Waals surface area contributed by atoms with Crippen LogP contribution in [0, 0.1) is 5.92 Å². The van der Waals surface area contributed by atoms with Gasteiger partial charge in [0.25, 0.3) is 5.91 Å². The second-order valence-corrected chi connectivity index (χ2v) is 9.31. The second-order valence-electron chi connectivity index (χ2n) is 5.66. The molecule has 11 heteroatoms. The van der Waals surface area contributed by atoms with E-state index in [2.05, 4.69) is 11.3 Å². The van der Waals surface area contributed by atoms with Crippen LogP contribution in [0.15, 0.2) is 35.1 Å². The van der Waals surface area contributed by atoms with E-state index < -0.39 is 20.0 Å². The maximum Gasteiger partial charge on any atom is 0.253 e. The van der Waals surface area contributed by atoms with E-state index in [1.165, 1.54) is 17.0 Å². The fourth-order valence-corrected chi connectivity index (χ4v) is 4.17. The summed E-state index contributed by atoms with van der Waals surface area (Å²) in [5.41, 5.74) is 0.153. The van der Waals surface area contributed by atoms with Crippen LogP contribution in [0.25, 0.3) is 0 Å². The average Bonchev–Trinajstić information content (AvgIpc) is 3.01. The molecule has 1 atom stereocenters. The van der Waals surface area contributed by atoms with Crippen LogP contribution in [0.5, 0.6) is 0 Å². The first-order valence-electron chi connectivity index (χ1n) is 7.27. The highest BCUT2D eigenvalue weighted by Gasteiger charge is 2.28. The molecule has 0 aromatic heterocycles. The largest absolute Gasteiger partial charge is 0.338 e. The number of nitrogens with one attached hydrogen (secondary N) is 1. The van der Waals surface area contributed by atoms with Gasteiger partial charge in [-0.1, -0.05) is 18.2 Å². The van der Waals surface area contributed by atoms with E-state index in [4.69, 9.17) is 16.7 Å². The first-order valence-corrected chi connectivity index (χ1v) is 10.7. The van der Waals surface area contributed by atoms with Crippen molar-refractivity contribution in [3.05, 3.63) is 40.8 Å². The van der Waals surface area contributed by atoms with Gasteiger partial charge in [0.15, 0.2) is 0 Å². The van der Waals surface area contributed by atoms with Gasteiger partial charge in [-0.2, -0.15) is 0 Å². The molecule has 25 heavy (non-hydrogen) atoms. The normalized spacial score (nSPS) is 18.3. The summed E-state index contributed by atoms with van der Waals surface area (Å²) in [7, 11) is -7.55. The van der Waals surface area contributed by atoms with Crippen molar-refractivity contribution in [2.75, 3.05) is 19.6 Å². The van der Waals surface area contributed by atoms with Crippen LogP contribution in [-0.4, -0.2) is 47.3 Å². The number of primary sulfonamides is 1. The molecule has 0 aliphatic carbocycles. The van der Waals surface area contributed by atoms with Gasteiger partial charge in [0.2, 0.25) is 20.0 Å². The number of rotatable bonds is 6. The Morgan fingerprint density at radius 2 is 2.08 bits per heavy atom. The van der Waals surface area contributed by atoms with Crippen molar-refractivity contribution in [2.45, 2.75) is 11.3 Å². The number of benzene rings is 1. The minimum atomic E-state index is -4.04. The van der Waals surface area contributed by atoms with Gasteiger partial charge in [0, 0.05) is 30.6 Å². The first kappa shape index (κ1) is 19.9. The molecule has 138 valence electrons. The Bertz CT molecular complexity index is 899. The molecule has 2 rings (SSSR count). The van der Waals surface area contributed by atoms with E-state index in [9.17, 15) is 21.6 Å². The van der Waals surface area contributed by atoms with Crippen LogP contribution in [0.2, 0.25) is 5.02 Å². The molecule has 1 saturated heterocycles. The van der Waals surface area contributed by atoms with Crippen LogP contribution >= 0.6 is 11.6 Å². The molecule has 0 saturated carbocycles. The molecule has 1 fully saturated rings. The third-order valence-electron chi connectivity index (χ3n) is 3.85. The highest BCUT2D eigenvalue weighted by Crippen LogP contribution is 2.24. The minimum absolute atomic E-state index is 0.0383. The molecule has 3 N–H and O–H groups in total. The Morgan fingerprint density at radius 3 is 2.68 bits per heavy atom. The van der Waals surface area contributed by atoms with Crippen LogP contribution in [0.3, 0.4) is 0 Å². The van der Waals surface area contributed by atoms with Crippen molar-refractivity contribution in [3.63, 3.8) is 0 Å². The lowest BCUT2D eigenvalue weighted by Crippen LogP contribution is -2.32. The Kier molecular flexibility index (Phi) is 5.89. The summed E-state index contributed by atoms with van der Waals surface area (Å²) in [5.74, 6) is -0.403. The van der Waals surface area contributed by atoms with Gasteiger partial charge in [0.1, 0.15) is 4.90 Å². The predicted molar refractivity (Wildman–Crippen MR) is 94.0 cm³/mol. The van der Waals surface area contributed by atoms with Gasteiger partial charge >= 0.3 is 0 Å². The molecule has 1 aromatic rings. The average molecular weight is 408 g/mol. The lowest BCUT2D eigenvalue weighted by atomic mass is 10.1. The van der Waals surface area contributed by atoms with Crippen LogP contribution in [0.1, 0.15) is 16.8 Å². The highest BCUT2D eigenvalue weighted by atomic mass is 35.5. The number of sulfonamides is 2. The van der Waals surface area contributed by atoms with E-state index in [1.807, 2.05) is 0 Å². The topological polar surface area (TPSA) is 127 Å². The molecule has 1 amide bonds. The lowest BCUT2D eigenvalue weighted by Gasteiger charge is -2.17. The van der Waals surface area contributed by atoms with Gasteiger partial charge in [-0.3, -0.25) is 4.79 Å². The number of hydrogen-bond donors (Lipinski definition) is 2. The molecule has 0 spiro atoms. The van der Waals surface area contributed by atoms with Crippen molar-refractivity contribution in [1.29, 1.82) is 0 Å². The van der Waals surface area contributed by atoms with Gasteiger partial charge in [-0.25, -0.2) is 26.7 Å². The van der Waals surface area contributed by atoms with Crippen LogP contribution in [-0.2, 0) is 20.0 Å². The van der Waals surface area contributed by atoms with Gasteiger partial charge in [0.05, 0.1) is 5.02 Å². The fourth-order valence-electron chi connectivity index (χ4n) is 2.51. The number of likely N-dealkylation sites (tertiary alicyclic amines) is 1. The number of hydrogen-bond acceptors (Lipinski definition) is 5. The third-order valence-corrected chi connectivity index (χ3v) is 6.25. The summed E-state index contributed by atoms with van der Waals surface area (Å²) in [6, 6.07) is 3.88. The molecular formula is C14H18ClN3O5S2. The molecule has 1 aliphatic rings. The van der Waals surface area contributed by atoms with E-state index >= 15 is 0 Å². The summed E-state index contributed by atoms with van der Waals surface area (Å²) in [4.78, 5) is 13.8. The maximum atomic E-state index is 12.5. The standard InChI is InChI=1S/C14H18ClN3O5S2/c1-2-24(20,21)17-8-10-5-6-18(9-10)14(19)11-3-4-12(15)13(7-11)25(16,22)23/h2-4,7,10,17H,1,5-6,8-9H2,(H2,16,22,23). The smallest absolute Gasteiger partial charge is 0.253 e. The van der Waals surface area contributed by atoms with Gasteiger partial charge in [-0.05, 0) is 30.5 Å². The zero-order valence-electron chi connectivity index (χ0n) is 13.2. The monoisotopic (exact) mass is 407 g/mol. The highest BCUT2D eigenvalue weighted by molar-refractivity contribution is 7.92. The molecule has 1 unspecified atom stereocenters. The number of nitrogens with zero attached hydrogens (tertiary/aromatic N) is 1. The maximum absolute atomic E-state index is 12.5. The summed E-state index contributed by atoms with van der Waals surface area (Å²) in [6.45, 7) is 4.20. The van der Waals surface area contributed by atoms with Crippen molar-refractivity contribution in [3.8, 4) is 0 Å². The Balaban J connectivity index is 2.09. The number of nitrogens with two attached hydrogens (primary N) is 1. The number of amides is 1. The fraction of sp³-hybridized carbons (Fsp3) is 0.357. The summed E-state index contributed by atoms with van der Waals surface area (Å²) in [6.07, 6.45) is 0.626. The molecule has 1 heterocycles. The molecule has 0 bridgehead atoms. The first-order chi connectivity index (χ1) is 11.5. The van der Waals surface area contributed by atoms with E-state index in [-0.39, 0.29) is 33.9 Å². The Morgan fingerprint density at radius 1 is 1.40 bits per heavy atom. The summed E-state index contributed by atoms with van der Waals surface area (Å²) in [5, 5.41) is 5.85. The molecular weight excluding hydrogens is 390 g/mol. The zero-order chi connectivity index (χ0) is 18.8. The second kappa shape index (κ2) is 7.42. The number of halogens is 1. The Hall–Kier alpha value is -1.46. The van der Waals surface area contributed by atoms with E-state index in [0.29, 0.717) is 19.5 Å². The Labute approximate surface area is 151 Å². The summed E-state index contributed by atoms with van der Waals surface area (Å²) < 4.78 is 48.1. The van der Waals surface area contributed by atoms with Crippen LogP contribution < -0.4 is 9.86 Å². The van der Waals surface area contributed by atoms with Crippen molar-refractivity contribution >= 4 is 37.6 Å². The van der Waals surface area contributed by atoms with Gasteiger partial charge < -0.3 is 4.90 Å². The summed E-state index contributed by atoms with van der Waals surface area (Å²) >= 11 is 5.81. The lowest BCUT2D eigenvalue weighted by molar-refractivity contribution is 0.0787. The SMILES string of the molecule is C=CS(=O)(=O)NCC1CCN(C(=O)c2ccc(Cl)c(S(N)(=O)=O)c2)C1. The molecule has 1 aromatic carbocycles. The molecule has 1 aliphatic heterocycles. The van der Waals surface area contributed by atoms with E-state index in [1.54, 1.807) is 0 Å². The molecule has 0 radical (unpaired) electrons.